The number of carbonyl (C=O) groups excluding carboxylic acids is 2. The average molecular weight is 380 g/mol. The maximum absolute atomic E-state index is 11.9. The minimum atomic E-state index is -0.630. The summed E-state index contributed by atoms with van der Waals surface area (Å²) in [6.07, 6.45) is 0. The molecule has 3 rings (SSSR count). The first-order chi connectivity index (χ1) is 13.6. The highest BCUT2D eigenvalue weighted by atomic mass is 16.2. The van der Waals surface area contributed by atoms with E-state index in [0.717, 1.165) is 39.3 Å². The summed E-state index contributed by atoms with van der Waals surface area (Å²) in [5.41, 5.74) is 3.25. The van der Waals surface area contributed by atoms with Crippen LogP contribution in [-0.4, -0.2) is 60.9 Å². The molecule has 2 amide bonds. The Balaban J connectivity index is 1.32. The van der Waals surface area contributed by atoms with E-state index in [0.29, 0.717) is 12.2 Å². The van der Waals surface area contributed by atoms with Crippen molar-refractivity contribution in [3.05, 3.63) is 65.7 Å². The molecule has 148 valence electrons. The van der Waals surface area contributed by atoms with Gasteiger partial charge in [0.15, 0.2) is 0 Å². The zero-order chi connectivity index (χ0) is 19.8. The molecule has 2 aromatic carbocycles. The SMILES string of the molecule is Cc1ccc(CN2CCN(CCNC(=O)C(=O)Nc3ccccc3)CC2)cc1. The van der Waals surface area contributed by atoms with Crippen LogP contribution in [0.3, 0.4) is 0 Å². The van der Waals surface area contributed by atoms with Crippen LogP contribution in [0.15, 0.2) is 54.6 Å². The summed E-state index contributed by atoms with van der Waals surface area (Å²) in [7, 11) is 0. The maximum Gasteiger partial charge on any atom is 0.313 e. The van der Waals surface area contributed by atoms with Gasteiger partial charge in [-0.15, -0.1) is 0 Å². The van der Waals surface area contributed by atoms with E-state index < -0.39 is 11.8 Å². The van der Waals surface area contributed by atoms with Gasteiger partial charge < -0.3 is 10.6 Å². The number of aryl methyl sites for hydroxylation is 1. The van der Waals surface area contributed by atoms with Crippen molar-refractivity contribution in [3.63, 3.8) is 0 Å². The molecule has 1 heterocycles. The van der Waals surface area contributed by atoms with E-state index in [-0.39, 0.29) is 0 Å². The van der Waals surface area contributed by atoms with Gasteiger partial charge in [-0.2, -0.15) is 0 Å². The Labute approximate surface area is 166 Å². The Morgan fingerprint density at radius 3 is 2.18 bits per heavy atom. The molecule has 0 spiro atoms. The van der Waals surface area contributed by atoms with Gasteiger partial charge in [0.25, 0.3) is 0 Å². The molecule has 6 nitrogen and oxygen atoms in total. The molecule has 6 heteroatoms. The summed E-state index contributed by atoms with van der Waals surface area (Å²) in [4.78, 5) is 28.6. The molecule has 0 aromatic heterocycles. The van der Waals surface area contributed by atoms with Gasteiger partial charge in [0, 0.05) is 51.5 Å². The lowest BCUT2D eigenvalue weighted by molar-refractivity contribution is -0.136. The second kappa shape index (κ2) is 10.0. The first-order valence-electron chi connectivity index (χ1n) is 9.74. The van der Waals surface area contributed by atoms with Crippen molar-refractivity contribution in [2.24, 2.45) is 0 Å². The number of nitrogens with one attached hydrogen (secondary N) is 2. The minimum Gasteiger partial charge on any atom is -0.347 e. The molecule has 0 saturated carbocycles. The molecular weight excluding hydrogens is 352 g/mol. The van der Waals surface area contributed by atoms with E-state index in [9.17, 15) is 9.59 Å². The van der Waals surface area contributed by atoms with Crippen molar-refractivity contribution in [2.75, 3.05) is 44.6 Å². The zero-order valence-corrected chi connectivity index (χ0v) is 16.4. The summed E-state index contributed by atoms with van der Waals surface area (Å²) in [6, 6.07) is 17.7. The number of para-hydroxylation sites is 1. The fourth-order valence-electron chi connectivity index (χ4n) is 3.24. The highest BCUT2D eigenvalue weighted by Crippen LogP contribution is 2.09. The molecule has 1 aliphatic heterocycles. The van der Waals surface area contributed by atoms with Gasteiger partial charge in [-0.25, -0.2) is 0 Å². The number of piperazine rings is 1. The van der Waals surface area contributed by atoms with Crippen LogP contribution in [0.2, 0.25) is 0 Å². The van der Waals surface area contributed by atoms with Gasteiger partial charge in [0.05, 0.1) is 0 Å². The smallest absolute Gasteiger partial charge is 0.313 e. The van der Waals surface area contributed by atoms with Crippen molar-refractivity contribution in [1.29, 1.82) is 0 Å². The van der Waals surface area contributed by atoms with Crippen LogP contribution < -0.4 is 10.6 Å². The Hall–Kier alpha value is -2.70. The van der Waals surface area contributed by atoms with E-state index in [4.69, 9.17) is 0 Å². The number of amides is 2. The molecule has 28 heavy (non-hydrogen) atoms. The van der Waals surface area contributed by atoms with Crippen molar-refractivity contribution < 1.29 is 9.59 Å². The van der Waals surface area contributed by atoms with Crippen molar-refractivity contribution >= 4 is 17.5 Å². The summed E-state index contributed by atoms with van der Waals surface area (Å²) in [5, 5.41) is 5.29. The average Bonchev–Trinajstić information content (AvgIpc) is 2.71. The fraction of sp³-hybridized carbons (Fsp3) is 0.364. The Kier molecular flexibility index (Phi) is 7.17. The third-order valence-corrected chi connectivity index (χ3v) is 4.94. The largest absolute Gasteiger partial charge is 0.347 e. The molecule has 1 saturated heterocycles. The van der Waals surface area contributed by atoms with Crippen LogP contribution in [0.4, 0.5) is 5.69 Å². The number of nitrogens with zero attached hydrogens (tertiary/aromatic N) is 2. The van der Waals surface area contributed by atoms with Gasteiger partial charge >= 0.3 is 11.8 Å². The van der Waals surface area contributed by atoms with E-state index in [1.165, 1.54) is 11.1 Å². The second-order valence-corrected chi connectivity index (χ2v) is 7.18. The number of anilines is 1. The van der Waals surface area contributed by atoms with Crippen LogP contribution in [-0.2, 0) is 16.1 Å². The van der Waals surface area contributed by atoms with Crippen LogP contribution in [0.25, 0.3) is 0 Å². The molecule has 0 aliphatic carbocycles. The van der Waals surface area contributed by atoms with Crippen LogP contribution >= 0.6 is 0 Å². The molecule has 0 unspecified atom stereocenters. The van der Waals surface area contributed by atoms with Crippen LogP contribution in [0.1, 0.15) is 11.1 Å². The normalized spacial score (nSPS) is 15.2. The first-order valence-corrected chi connectivity index (χ1v) is 9.74. The predicted molar refractivity (Wildman–Crippen MR) is 111 cm³/mol. The number of benzene rings is 2. The van der Waals surface area contributed by atoms with E-state index in [1.54, 1.807) is 12.1 Å². The summed E-state index contributed by atoms with van der Waals surface area (Å²) >= 11 is 0. The molecular formula is C22H28N4O2. The molecule has 1 fully saturated rings. The van der Waals surface area contributed by atoms with Crippen molar-refractivity contribution in [2.45, 2.75) is 13.5 Å². The van der Waals surface area contributed by atoms with E-state index in [1.807, 2.05) is 18.2 Å². The van der Waals surface area contributed by atoms with Gasteiger partial charge in [0.1, 0.15) is 0 Å². The lowest BCUT2D eigenvalue weighted by Crippen LogP contribution is -2.48. The molecule has 2 aromatic rings. The maximum atomic E-state index is 11.9. The number of rotatable bonds is 6. The van der Waals surface area contributed by atoms with Gasteiger partial charge in [0.2, 0.25) is 0 Å². The Bertz CT molecular complexity index is 769. The zero-order valence-electron chi connectivity index (χ0n) is 16.4. The van der Waals surface area contributed by atoms with Crippen molar-refractivity contribution in [3.8, 4) is 0 Å². The number of carbonyl (C=O) groups is 2. The lowest BCUT2D eigenvalue weighted by atomic mass is 10.1. The first kappa shape index (κ1) is 20.0. The molecule has 1 aliphatic rings. The third kappa shape index (κ3) is 6.18. The minimum absolute atomic E-state index is 0.471. The third-order valence-electron chi connectivity index (χ3n) is 4.94. The highest BCUT2D eigenvalue weighted by Gasteiger charge is 2.18. The van der Waals surface area contributed by atoms with Crippen LogP contribution in [0.5, 0.6) is 0 Å². The summed E-state index contributed by atoms with van der Waals surface area (Å²) < 4.78 is 0. The summed E-state index contributed by atoms with van der Waals surface area (Å²) in [5.74, 6) is -1.23. The predicted octanol–water partition coefficient (Wildman–Crippen LogP) is 1.87. The Morgan fingerprint density at radius 1 is 0.857 bits per heavy atom. The van der Waals surface area contributed by atoms with E-state index in [2.05, 4.69) is 51.6 Å². The van der Waals surface area contributed by atoms with Gasteiger partial charge in [-0.05, 0) is 24.6 Å². The highest BCUT2D eigenvalue weighted by molar-refractivity contribution is 6.39. The standard InChI is InChI=1S/C22H28N4O2/c1-18-7-9-19(10-8-18)17-26-15-13-25(14-16-26)12-11-23-21(27)22(28)24-20-5-3-2-4-6-20/h2-10H,11-17H2,1H3,(H,23,27)(H,24,28). The monoisotopic (exact) mass is 380 g/mol. The topological polar surface area (TPSA) is 64.7 Å². The summed E-state index contributed by atoms with van der Waals surface area (Å²) in [6.45, 7) is 8.27. The van der Waals surface area contributed by atoms with E-state index >= 15 is 0 Å². The van der Waals surface area contributed by atoms with Crippen molar-refractivity contribution in [1.82, 2.24) is 15.1 Å². The van der Waals surface area contributed by atoms with Gasteiger partial charge in [-0.1, -0.05) is 48.0 Å². The quantitative estimate of drug-likeness (QED) is 0.751. The fourth-order valence-corrected chi connectivity index (χ4v) is 3.24. The van der Waals surface area contributed by atoms with Gasteiger partial charge in [-0.3, -0.25) is 19.4 Å². The van der Waals surface area contributed by atoms with Crippen LogP contribution in [0, 0.1) is 6.92 Å². The Morgan fingerprint density at radius 2 is 1.50 bits per heavy atom. The number of hydrogen-bond acceptors (Lipinski definition) is 4. The lowest BCUT2D eigenvalue weighted by Gasteiger charge is -2.34. The molecule has 0 atom stereocenters. The second-order valence-electron chi connectivity index (χ2n) is 7.18. The number of hydrogen-bond donors (Lipinski definition) is 2. The molecule has 2 N–H and O–H groups in total. The molecule has 0 bridgehead atoms. The molecule has 0 radical (unpaired) electrons.